The van der Waals surface area contributed by atoms with E-state index in [1.165, 1.54) is 11.1 Å². The van der Waals surface area contributed by atoms with Gasteiger partial charge in [-0.3, -0.25) is 14.5 Å². The Balaban J connectivity index is 1.29. The van der Waals surface area contributed by atoms with Gasteiger partial charge in [0.15, 0.2) is 0 Å². The highest BCUT2D eigenvalue weighted by atomic mass is 16.5. The second kappa shape index (κ2) is 10.4. The lowest BCUT2D eigenvalue weighted by molar-refractivity contribution is -0.134. The molecule has 4 rings (SSSR count). The predicted molar refractivity (Wildman–Crippen MR) is 124 cm³/mol. The third-order valence-electron chi connectivity index (χ3n) is 6.93. The lowest BCUT2D eigenvalue weighted by Crippen LogP contribution is -2.48. The maximum absolute atomic E-state index is 12.9. The molecule has 1 N–H and O–H groups in total. The fourth-order valence-electron chi connectivity index (χ4n) is 5.04. The van der Waals surface area contributed by atoms with Crippen LogP contribution in [0.25, 0.3) is 0 Å². The summed E-state index contributed by atoms with van der Waals surface area (Å²) in [4.78, 5) is 59.6. The largest absolute Gasteiger partial charge is 0.462 e. The minimum absolute atomic E-state index is 0.0577. The molecule has 0 atom stereocenters. The van der Waals surface area contributed by atoms with E-state index < -0.39 is 11.5 Å². The molecular weight excluding hydrogens is 438 g/mol. The van der Waals surface area contributed by atoms with Gasteiger partial charge in [-0.15, -0.1) is 0 Å². The molecule has 10 heteroatoms. The van der Waals surface area contributed by atoms with Gasteiger partial charge in [0.05, 0.1) is 12.2 Å². The molecule has 0 radical (unpaired) electrons. The van der Waals surface area contributed by atoms with Crippen molar-refractivity contribution in [3.05, 3.63) is 23.9 Å². The molecule has 1 aromatic heterocycles. The fraction of sp³-hybridized carbons (Fsp3) is 0.625. The number of amides is 4. The molecule has 1 aliphatic carbocycles. The van der Waals surface area contributed by atoms with Gasteiger partial charge in [-0.25, -0.2) is 14.6 Å². The Morgan fingerprint density at radius 3 is 2.56 bits per heavy atom. The monoisotopic (exact) mass is 471 g/mol. The molecule has 1 aromatic rings. The van der Waals surface area contributed by atoms with Crippen LogP contribution in [0.3, 0.4) is 0 Å². The smallest absolute Gasteiger partial charge is 0.339 e. The second-order valence-corrected chi connectivity index (χ2v) is 9.13. The van der Waals surface area contributed by atoms with Crippen LogP contribution >= 0.6 is 0 Å². The lowest BCUT2D eigenvalue weighted by Gasteiger charge is -2.30. The summed E-state index contributed by atoms with van der Waals surface area (Å²) in [6.07, 6.45) is 6.73. The minimum atomic E-state index is -0.753. The number of anilines is 1. The van der Waals surface area contributed by atoms with Gasteiger partial charge in [0.1, 0.15) is 11.4 Å². The first-order chi connectivity index (χ1) is 16.4. The summed E-state index contributed by atoms with van der Waals surface area (Å²) in [7, 11) is 0. The van der Waals surface area contributed by atoms with E-state index >= 15 is 0 Å². The van der Waals surface area contributed by atoms with Crippen molar-refractivity contribution < 1.29 is 23.9 Å². The van der Waals surface area contributed by atoms with E-state index in [1.807, 2.05) is 0 Å². The number of rotatable bonds is 6. The number of pyridine rings is 1. The molecule has 4 amide bonds. The van der Waals surface area contributed by atoms with Crippen molar-refractivity contribution in [3.8, 4) is 0 Å². The Labute approximate surface area is 199 Å². The number of carbonyl (C=O) groups is 4. The molecular formula is C24H33N5O5. The first kappa shape index (κ1) is 24.0. The van der Waals surface area contributed by atoms with Gasteiger partial charge in [-0.2, -0.15) is 0 Å². The number of esters is 1. The molecule has 10 nitrogen and oxygen atoms in total. The number of aromatic nitrogens is 1. The van der Waals surface area contributed by atoms with Gasteiger partial charge < -0.3 is 19.9 Å². The van der Waals surface area contributed by atoms with Gasteiger partial charge in [-0.1, -0.05) is 19.3 Å². The van der Waals surface area contributed by atoms with Crippen LogP contribution in [0.15, 0.2) is 18.3 Å². The zero-order chi connectivity index (χ0) is 24.1. The fourth-order valence-corrected chi connectivity index (χ4v) is 5.04. The first-order valence-electron chi connectivity index (χ1n) is 12.2. The van der Waals surface area contributed by atoms with Crippen molar-refractivity contribution >= 4 is 29.6 Å². The summed E-state index contributed by atoms with van der Waals surface area (Å²) in [5.41, 5.74) is -0.343. The van der Waals surface area contributed by atoms with Crippen LogP contribution in [0.4, 0.5) is 10.6 Å². The lowest BCUT2D eigenvalue weighted by atomic mass is 9.82. The molecule has 1 spiro atoms. The molecule has 2 aliphatic heterocycles. The number of carbonyl (C=O) groups excluding carboxylic acids is 4. The Morgan fingerprint density at radius 2 is 1.85 bits per heavy atom. The molecule has 3 heterocycles. The molecule has 0 aromatic carbocycles. The molecule has 3 aliphatic rings. The Kier molecular flexibility index (Phi) is 7.33. The van der Waals surface area contributed by atoms with Crippen LogP contribution in [0.5, 0.6) is 0 Å². The zero-order valence-corrected chi connectivity index (χ0v) is 19.8. The van der Waals surface area contributed by atoms with E-state index in [0.717, 1.165) is 38.0 Å². The minimum Gasteiger partial charge on any atom is -0.462 e. The number of imide groups is 1. The summed E-state index contributed by atoms with van der Waals surface area (Å²) in [5.74, 6) is 0.121. The van der Waals surface area contributed by atoms with Crippen molar-refractivity contribution in [2.24, 2.45) is 0 Å². The van der Waals surface area contributed by atoms with Crippen LogP contribution in [0.1, 0.15) is 62.2 Å². The van der Waals surface area contributed by atoms with E-state index in [9.17, 15) is 19.2 Å². The summed E-state index contributed by atoms with van der Waals surface area (Å²) in [6.45, 7) is 4.69. The molecule has 0 unspecified atom stereocenters. The molecule has 0 bridgehead atoms. The van der Waals surface area contributed by atoms with Crippen LogP contribution in [0.2, 0.25) is 0 Å². The quantitative estimate of drug-likeness (QED) is 0.498. The summed E-state index contributed by atoms with van der Waals surface area (Å²) >= 11 is 0. The third kappa shape index (κ3) is 5.00. The number of nitrogens with zero attached hydrogens (tertiary/aromatic N) is 4. The summed E-state index contributed by atoms with van der Waals surface area (Å²) in [6, 6.07) is 3.12. The highest BCUT2D eigenvalue weighted by molar-refractivity contribution is 6.07. The molecule has 1 saturated carbocycles. The number of nitrogens with one attached hydrogen (secondary N) is 1. The van der Waals surface area contributed by atoms with Crippen molar-refractivity contribution in [3.63, 3.8) is 0 Å². The molecule has 2 saturated heterocycles. The number of urea groups is 1. The Hall–Kier alpha value is -3.17. The average Bonchev–Trinajstić information content (AvgIpc) is 3.01. The summed E-state index contributed by atoms with van der Waals surface area (Å²) in [5, 5.41) is 2.89. The third-order valence-corrected chi connectivity index (χ3v) is 6.93. The number of ether oxygens (including phenoxy) is 1. The number of hydrogen-bond donors (Lipinski definition) is 1. The van der Waals surface area contributed by atoms with Gasteiger partial charge >= 0.3 is 12.0 Å². The standard InChI is InChI=1S/C24H33N5O5/c1-2-34-21(31)18-7-8-19(25-17-18)27-12-6-13-28(16-15-27)20(30)9-14-29-22(32)24(26-23(29)33)10-4-3-5-11-24/h7-8,17H,2-6,9-16H2,1H3,(H,26,33). The average molecular weight is 472 g/mol. The highest BCUT2D eigenvalue weighted by Crippen LogP contribution is 2.33. The van der Waals surface area contributed by atoms with Crippen molar-refractivity contribution in [1.82, 2.24) is 20.1 Å². The summed E-state index contributed by atoms with van der Waals surface area (Å²) < 4.78 is 4.99. The first-order valence-corrected chi connectivity index (χ1v) is 12.2. The highest BCUT2D eigenvalue weighted by Gasteiger charge is 2.51. The van der Waals surface area contributed by atoms with Crippen LogP contribution in [-0.4, -0.2) is 83.5 Å². The van der Waals surface area contributed by atoms with Crippen LogP contribution < -0.4 is 10.2 Å². The van der Waals surface area contributed by atoms with E-state index in [1.54, 1.807) is 24.0 Å². The van der Waals surface area contributed by atoms with Gasteiger partial charge in [-0.05, 0) is 38.3 Å². The van der Waals surface area contributed by atoms with Crippen molar-refractivity contribution in [2.75, 3.05) is 44.2 Å². The van der Waals surface area contributed by atoms with E-state index in [0.29, 0.717) is 44.6 Å². The zero-order valence-electron chi connectivity index (χ0n) is 19.8. The van der Waals surface area contributed by atoms with Crippen LogP contribution in [0, 0.1) is 0 Å². The van der Waals surface area contributed by atoms with Crippen molar-refractivity contribution in [1.29, 1.82) is 0 Å². The predicted octanol–water partition coefficient (Wildman–Crippen LogP) is 1.94. The Bertz CT molecular complexity index is 928. The normalized spacial score (nSPS) is 20.3. The van der Waals surface area contributed by atoms with Gasteiger partial charge in [0, 0.05) is 45.3 Å². The van der Waals surface area contributed by atoms with Crippen molar-refractivity contribution in [2.45, 2.75) is 57.4 Å². The number of hydrogen-bond acceptors (Lipinski definition) is 7. The topological polar surface area (TPSA) is 112 Å². The Morgan fingerprint density at radius 1 is 1.06 bits per heavy atom. The molecule has 34 heavy (non-hydrogen) atoms. The van der Waals surface area contributed by atoms with E-state index in [2.05, 4.69) is 15.2 Å². The van der Waals surface area contributed by atoms with Gasteiger partial charge in [0.2, 0.25) is 5.91 Å². The SMILES string of the molecule is CCOC(=O)c1ccc(N2CCCN(C(=O)CCN3C(=O)NC4(CCCCC4)C3=O)CC2)nc1. The maximum atomic E-state index is 12.9. The van der Waals surface area contributed by atoms with E-state index in [4.69, 9.17) is 4.74 Å². The van der Waals surface area contributed by atoms with Gasteiger partial charge in [0.25, 0.3) is 5.91 Å². The van der Waals surface area contributed by atoms with Crippen LogP contribution in [-0.2, 0) is 14.3 Å². The van der Waals surface area contributed by atoms with E-state index in [-0.39, 0.29) is 30.8 Å². The molecule has 3 fully saturated rings. The second-order valence-electron chi connectivity index (χ2n) is 9.13. The maximum Gasteiger partial charge on any atom is 0.339 e. The molecule has 184 valence electrons.